The summed E-state index contributed by atoms with van der Waals surface area (Å²) in [7, 11) is 1.91. The lowest BCUT2D eigenvalue weighted by Gasteiger charge is -2.24. The molecule has 0 radical (unpaired) electrons. The largest absolute Gasteiger partial charge is 0.338 e. The first-order valence-electron chi connectivity index (χ1n) is 9.98. The SMILES string of the molecule is Cc1ccc(-c2cc(NC(=O)CN(C)C(C)c3ccc(-n4cncn4)cc3)on2)cc1. The highest BCUT2D eigenvalue weighted by molar-refractivity contribution is 5.91. The summed E-state index contributed by atoms with van der Waals surface area (Å²) >= 11 is 0. The van der Waals surface area contributed by atoms with Gasteiger partial charge in [0.1, 0.15) is 18.3 Å². The van der Waals surface area contributed by atoms with Crippen molar-refractivity contribution in [2.24, 2.45) is 0 Å². The Bertz CT molecular complexity index is 1130. The number of carbonyl (C=O) groups excluding carboxylic acids is 1. The maximum Gasteiger partial charge on any atom is 0.240 e. The number of likely N-dealkylation sites (N-methyl/N-ethyl adjacent to an activating group) is 1. The van der Waals surface area contributed by atoms with Gasteiger partial charge in [0.2, 0.25) is 11.8 Å². The fraction of sp³-hybridized carbons (Fsp3) is 0.217. The van der Waals surface area contributed by atoms with Gasteiger partial charge in [0.05, 0.1) is 12.2 Å². The zero-order chi connectivity index (χ0) is 21.8. The van der Waals surface area contributed by atoms with Crippen molar-refractivity contribution in [1.82, 2.24) is 24.8 Å². The molecule has 0 bridgehead atoms. The summed E-state index contributed by atoms with van der Waals surface area (Å²) in [5, 5.41) is 11.0. The van der Waals surface area contributed by atoms with E-state index in [1.165, 1.54) is 11.9 Å². The van der Waals surface area contributed by atoms with E-state index in [1.54, 1.807) is 17.1 Å². The fourth-order valence-corrected chi connectivity index (χ4v) is 3.24. The number of anilines is 1. The fourth-order valence-electron chi connectivity index (χ4n) is 3.24. The third kappa shape index (κ3) is 4.87. The van der Waals surface area contributed by atoms with Gasteiger partial charge in [-0.05, 0) is 38.6 Å². The van der Waals surface area contributed by atoms with Crippen LogP contribution < -0.4 is 5.32 Å². The van der Waals surface area contributed by atoms with Crippen LogP contribution in [0, 0.1) is 6.92 Å². The molecule has 8 heteroatoms. The average Bonchev–Trinajstić information content (AvgIpc) is 3.46. The topological polar surface area (TPSA) is 89.1 Å². The van der Waals surface area contributed by atoms with Crippen LogP contribution in [0.5, 0.6) is 0 Å². The molecule has 1 atom stereocenters. The van der Waals surface area contributed by atoms with Crippen LogP contribution in [0.15, 0.2) is 71.8 Å². The van der Waals surface area contributed by atoms with Crippen LogP contribution in [0.3, 0.4) is 0 Å². The molecule has 2 heterocycles. The summed E-state index contributed by atoms with van der Waals surface area (Å²) in [4.78, 5) is 18.4. The minimum atomic E-state index is -0.166. The van der Waals surface area contributed by atoms with Crippen LogP contribution >= 0.6 is 0 Å². The molecule has 0 spiro atoms. The van der Waals surface area contributed by atoms with Crippen molar-refractivity contribution in [3.05, 3.63) is 78.4 Å². The van der Waals surface area contributed by atoms with E-state index in [-0.39, 0.29) is 18.5 Å². The van der Waals surface area contributed by atoms with Crippen molar-refractivity contribution in [2.45, 2.75) is 19.9 Å². The molecule has 1 amide bonds. The Balaban J connectivity index is 1.34. The normalized spacial score (nSPS) is 12.1. The van der Waals surface area contributed by atoms with Gasteiger partial charge in [-0.3, -0.25) is 15.0 Å². The summed E-state index contributed by atoms with van der Waals surface area (Å²) in [6.45, 7) is 4.30. The van der Waals surface area contributed by atoms with Crippen LogP contribution in [0.25, 0.3) is 16.9 Å². The van der Waals surface area contributed by atoms with Crippen LogP contribution in [0.4, 0.5) is 5.88 Å². The highest BCUT2D eigenvalue weighted by Gasteiger charge is 2.17. The number of aromatic nitrogens is 4. The highest BCUT2D eigenvalue weighted by Crippen LogP contribution is 2.23. The number of carbonyl (C=O) groups is 1. The van der Waals surface area contributed by atoms with Gasteiger partial charge >= 0.3 is 0 Å². The molecule has 2 aromatic carbocycles. The van der Waals surface area contributed by atoms with E-state index < -0.39 is 0 Å². The maximum atomic E-state index is 12.5. The molecule has 2 aromatic heterocycles. The number of amides is 1. The van der Waals surface area contributed by atoms with Gasteiger partial charge in [0.25, 0.3) is 0 Å². The number of rotatable bonds is 7. The third-order valence-corrected chi connectivity index (χ3v) is 5.23. The monoisotopic (exact) mass is 416 g/mol. The van der Waals surface area contributed by atoms with E-state index in [0.29, 0.717) is 11.6 Å². The molecule has 0 fully saturated rings. The molecular weight excluding hydrogens is 392 g/mol. The predicted octanol–water partition coefficient (Wildman–Crippen LogP) is 3.86. The second-order valence-electron chi connectivity index (χ2n) is 7.51. The van der Waals surface area contributed by atoms with Crippen LogP contribution in [-0.4, -0.2) is 44.3 Å². The third-order valence-electron chi connectivity index (χ3n) is 5.23. The van der Waals surface area contributed by atoms with Crippen molar-refractivity contribution in [1.29, 1.82) is 0 Å². The van der Waals surface area contributed by atoms with E-state index in [1.807, 2.05) is 67.4 Å². The zero-order valence-corrected chi connectivity index (χ0v) is 17.7. The molecule has 0 saturated carbocycles. The number of nitrogens with one attached hydrogen (secondary N) is 1. The Hall–Kier alpha value is -3.78. The Morgan fingerprint density at radius 2 is 1.90 bits per heavy atom. The summed E-state index contributed by atoms with van der Waals surface area (Å²) in [5.74, 6) is 0.166. The smallest absolute Gasteiger partial charge is 0.240 e. The number of hydrogen-bond acceptors (Lipinski definition) is 6. The first kappa shape index (κ1) is 20.5. The summed E-state index contributed by atoms with van der Waals surface area (Å²) < 4.78 is 6.98. The molecule has 1 unspecified atom stereocenters. The van der Waals surface area contributed by atoms with Gasteiger partial charge in [-0.25, -0.2) is 9.67 Å². The summed E-state index contributed by atoms with van der Waals surface area (Å²) in [5.41, 5.74) is 4.83. The molecule has 158 valence electrons. The molecule has 4 aromatic rings. The average molecular weight is 416 g/mol. The van der Waals surface area contributed by atoms with Crippen molar-refractivity contribution >= 4 is 11.8 Å². The quantitative estimate of drug-likeness (QED) is 0.492. The molecule has 31 heavy (non-hydrogen) atoms. The molecule has 1 N–H and O–H groups in total. The van der Waals surface area contributed by atoms with E-state index in [4.69, 9.17) is 4.52 Å². The van der Waals surface area contributed by atoms with Crippen molar-refractivity contribution in [3.63, 3.8) is 0 Å². The molecule has 0 saturated heterocycles. The van der Waals surface area contributed by atoms with Crippen molar-refractivity contribution in [2.75, 3.05) is 18.9 Å². The molecule has 0 aliphatic carbocycles. The second kappa shape index (κ2) is 8.93. The lowest BCUT2D eigenvalue weighted by molar-refractivity contribution is -0.117. The van der Waals surface area contributed by atoms with Crippen LogP contribution in [-0.2, 0) is 4.79 Å². The van der Waals surface area contributed by atoms with Gasteiger partial charge in [-0.2, -0.15) is 5.10 Å². The molecule has 0 aliphatic heterocycles. The Morgan fingerprint density at radius 3 is 2.58 bits per heavy atom. The van der Waals surface area contributed by atoms with Crippen LogP contribution in [0.1, 0.15) is 24.1 Å². The molecular formula is C23H24N6O2. The maximum absolute atomic E-state index is 12.5. The molecule has 4 rings (SSSR count). The van der Waals surface area contributed by atoms with E-state index >= 15 is 0 Å². The van der Waals surface area contributed by atoms with Crippen LogP contribution in [0.2, 0.25) is 0 Å². The standard InChI is InChI=1S/C23H24N6O2/c1-16-4-6-19(7-5-16)21-12-23(31-27-21)26-22(30)13-28(3)17(2)18-8-10-20(11-9-18)29-15-24-14-25-29/h4-12,14-15,17H,13H2,1-3H3,(H,26,30). The highest BCUT2D eigenvalue weighted by atomic mass is 16.5. The second-order valence-corrected chi connectivity index (χ2v) is 7.51. The van der Waals surface area contributed by atoms with Gasteiger partial charge in [-0.15, -0.1) is 0 Å². The van der Waals surface area contributed by atoms with E-state index in [9.17, 15) is 4.79 Å². The minimum Gasteiger partial charge on any atom is -0.338 e. The van der Waals surface area contributed by atoms with E-state index in [2.05, 4.69) is 27.5 Å². The predicted molar refractivity (Wildman–Crippen MR) is 118 cm³/mol. The summed E-state index contributed by atoms with van der Waals surface area (Å²) in [6, 6.07) is 17.8. The minimum absolute atomic E-state index is 0.0494. The lowest BCUT2D eigenvalue weighted by atomic mass is 10.1. The van der Waals surface area contributed by atoms with Gasteiger partial charge < -0.3 is 4.52 Å². The van der Waals surface area contributed by atoms with Crippen molar-refractivity contribution < 1.29 is 9.32 Å². The van der Waals surface area contributed by atoms with Gasteiger partial charge in [-0.1, -0.05) is 47.1 Å². The first-order valence-corrected chi connectivity index (χ1v) is 9.98. The number of aryl methyl sites for hydroxylation is 1. The Labute approximate surface area is 180 Å². The number of nitrogens with zero attached hydrogens (tertiary/aromatic N) is 5. The molecule has 0 aliphatic rings. The lowest BCUT2D eigenvalue weighted by Crippen LogP contribution is -2.32. The van der Waals surface area contributed by atoms with Gasteiger partial charge in [0.15, 0.2) is 0 Å². The first-order chi connectivity index (χ1) is 15.0. The zero-order valence-electron chi connectivity index (χ0n) is 17.7. The molecule has 8 nitrogen and oxygen atoms in total. The van der Waals surface area contributed by atoms with E-state index in [0.717, 1.165) is 16.8 Å². The summed E-state index contributed by atoms with van der Waals surface area (Å²) in [6.07, 6.45) is 3.16. The van der Waals surface area contributed by atoms with Gasteiger partial charge in [0, 0.05) is 17.7 Å². The number of hydrogen-bond donors (Lipinski definition) is 1. The Kier molecular flexibility index (Phi) is 5.90. The number of benzene rings is 2. The Morgan fingerprint density at radius 1 is 1.16 bits per heavy atom. The van der Waals surface area contributed by atoms with Crippen molar-refractivity contribution in [3.8, 4) is 16.9 Å².